The second-order valence-electron chi connectivity index (χ2n) is 6.50. The number of carbonyl (C=O) groups is 2. The molecular weight excluding hydrogens is 268 g/mol. The fraction of sp³-hybridized carbons (Fsp3) is 0.875. The molecule has 21 heavy (non-hydrogen) atoms. The summed E-state index contributed by atoms with van der Waals surface area (Å²) >= 11 is 0. The molecule has 5 nitrogen and oxygen atoms in total. The van der Waals surface area contributed by atoms with E-state index in [2.05, 4.69) is 24.5 Å². The van der Waals surface area contributed by atoms with Crippen molar-refractivity contribution in [1.29, 1.82) is 0 Å². The van der Waals surface area contributed by atoms with Gasteiger partial charge in [0.15, 0.2) is 0 Å². The number of nitrogens with one attached hydrogen (secondary N) is 2. The van der Waals surface area contributed by atoms with Gasteiger partial charge in [0, 0.05) is 6.54 Å². The molecule has 0 aromatic carbocycles. The molecule has 3 N–H and O–H groups in total. The number of urea groups is 1. The molecule has 1 aliphatic carbocycles. The molecule has 0 saturated heterocycles. The van der Waals surface area contributed by atoms with E-state index in [0.29, 0.717) is 12.5 Å². The van der Waals surface area contributed by atoms with Crippen molar-refractivity contribution in [3.05, 3.63) is 0 Å². The molecular formula is C16H30N2O3. The molecule has 1 aliphatic rings. The summed E-state index contributed by atoms with van der Waals surface area (Å²) in [5, 5.41) is 14.7. The van der Waals surface area contributed by atoms with Crippen LogP contribution >= 0.6 is 0 Å². The summed E-state index contributed by atoms with van der Waals surface area (Å²) < 4.78 is 0. The van der Waals surface area contributed by atoms with Gasteiger partial charge >= 0.3 is 12.0 Å². The number of carbonyl (C=O) groups excluding carboxylic acids is 1. The summed E-state index contributed by atoms with van der Waals surface area (Å²) in [5.41, 5.74) is 0. The molecule has 1 atom stereocenters. The van der Waals surface area contributed by atoms with Gasteiger partial charge in [-0.25, -0.2) is 9.59 Å². The Labute approximate surface area is 127 Å². The molecule has 0 bridgehead atoms. The molecule has 0 spiro atoms. The molecule has 1 unspecified atom stereocenters. The maximum absolute atomic E-state index is 11.8. The minimum Gasteiger partial charge on any atom is -0.480 e. The summed E-state index contributed by atoms with van der Waals surface area (Å²) in [7, 11) is 0. The predicted octanol–water partition coefficient (Wildman–Crippen LogP) is 3.15. The minimum absolute atomic E-state index is 0.0722. The van der Waals surface area contributed by atoms with E-state index >= 15 is 0 Å². The smallest absolute Gasteiger partial charge is 0.326 e. The van der Waals surface area contributed by atoms with Crippen LogP contribution in [0.4, 0.5) is 4.79 Å². The summed E-state index contributed by atoms with van der Waals surface area (Å²) in [5.74, 6) is -0.165. The Balaban J connectivity index is 2.27. The van der Waals surface area contributed by atoms with Crippen LogP contribution < -0.4 is 10.6 Å². The normalized spacial score (nSPS) is 17.5. The molecule has 1 rings (SSSR count). The van der Waals surface area contributed by atoms with Crippen LogP contribution in [0.2, 0.25) is 0 Å². The van der Waals surface area contributed by atoms with E-state index in [1.54, 1.807) is 0 Å². The van der Waals surface area contributed by atoms with Crippen molar-refractivity contribution < 1.29 is 14.7 Å². The summed E-state index contributed by atoms with van der Waals surface area (Å²) in [6.45, 7) is 4.97. The summed E-state index contributed by atoms with van der Waals surface area (Å²) in [6.07, 6.45) is 8.26. The van der Waals surface area contributed by atoms with Crippen LogP contribution in [0.1, 0.15) is 65.2 Å². The first-order valence-electron chi connectivity index (χ1n) is 8.28. The van der Waals surface area contributed by atoms with Gasteiger partial charge in [-0.1, -0.05) is 46.0 Å². The highest BCUT2D eigenvalue weighted by atomic mass is 16.4. The quantitative estimate of drug-likeness (QED) is 0.602. The topological polar surface area (TPSA) is 78.4 Å². The lowest BCUT2D eigenvalue weighted by atomic mass is 9.84. The van der Waals surface area contributed by atoms with E-state index < -0.39 is 12.0 Å². The number of carboxylic acid groups (broad SMARTS) is 1. The van der Waals surface area contributed by atoms with Gasteiger partial charge in [0.1, 0.15) is 6.04 Å². The van der Waals surface area contributed by atoms with Crippen molar-refractivity contribution in [2.45, 2.75) is 71.3 Å². The number of hydrogen-bond acceptors (Lipinski definition) is 2. The molecule has 0 radical (unpaired) electrons. The van der Waals surface area contributed by atoms with E-state index in [4.69, 9.17) is 0 Å². The van der Waals surface area contributed by atoms with Crippen LogP contribution in [0.15, 0.2) is 0 Å². The standard InChI is InChI=1S/C16H30N2O3/c1-12(2)8-6-7-11-17-16(21)18-14(15(19)20)13-9-4-3-5-10-13/h12-14H,3-11H2,1-2H3,(H,19,20)(H2,17,18,21). The van der Waals surface area contributed by atoms with Crippen molar-refractivity contribution >= 4 is 12.0 Å². The Bertz CT molecular complexity index is 325. The first-order chi connectivity index (χ1) is 10.0. The van der Waals surface area contributed by atoms with E-state index in [1.165, 1.54) is 6.42 Å². The predicted molar refractivity (Wildman–Crippen MR) is 83.2 cm³/mol. The zero-order chi connectivity index (χ0) is 15.7. The van der Waals surface area contributed by atoms with Crippen LogP contribution in [0.5, 0.6) is 0 Å². The number of amides is 2. The van der Waals surface area contributed by atoms with Gasteiger partial charge in [-0.15, -0.1) is 0 Å². The van der Waals surface area contributed by atoms with Gasteiger partial charge in [-0.3, -0.25) is 0 Å². The highest BCUT2D eigenvalue weighted by molar-refractivity contribution is 5.82. The molecule has 0 aromatic heterocycles. The Morgan fingerprint density at radius 3 is 2.38 bits per heavy atom. The number of carboxylic acids is 1. The minimum atomic E-state index is -0.920. The van der Waals surface area contributed by atoms with Gasteiger partial charge in [0.2, 0.25) is 0 Å². The second kappa shape index (κ2) is 9.64. The zero-order valence-electron chi connectivity index (χ0n) is 13.4. The SMILES string of the molecule is CC(C)CCCCNC(=O)NC(C(=O)O)C1CCCCC1. The van der Waals surface area contributed by atoms with Crippen molar-refractivity contribution in [3.8, 4) is 0 Å². The summed E-state index contributed by atoms with van der Waals surface area (Å²) in [4.78, 5) is 23.2. The largest absolute Gasteiger partial charge is 0.480 e. The van der Waals surface area contributed by atoms with Crippen LogP contribution in [0.3, 0.4) is 0 Å². The van der Waals surface area contributed by atoms with Crippen LogP contribution in [0, 0.1) is 11.8 Å². The zero-order valence-corrected chi connectivity index (χ0v) is 13.4. The number of unbranched alkanes of at least 4 members (excludes halogenated alkanes) is 1. The fourth-order valence-corrected chi connectivity index (χ4v) is 2.92. The maximum Gasteiger partial charge on any atom is 0.326 e. The first-order valence-corrected chi connectivity index (χ1v) is 8.28. The van der Waals surface area contributed by atoms with Gasteiger partial charge in [-0.2, -0.15) is 0 Å². The average Bonchev–Trinajstić information content (AvgIpc) is 2.44. The van der Waals surface area contributed by atoms with Gasteiger partial charge < -0.3 is 15.7 Å². The van der Waals surface area contributed by atoms with E-state index in [-0.39, 0.29) is 11.9 Å². The Morgan fingerprint density at radius 2 is 1.81 bits per heavy atom. The van der Waals surface area contributed by atoms with Crippen molar-refractivity contribution in [1.82, 2.24) is 10.6 Å². The van der Waals surface area contributed by atoms with Crippen molar-refractivity contribution in [3.63, 3.8) is 0 Å². The van der Waals surface area contributed by atoms with E-state index in [1.807, 2.05) is 0 Å². The Hall–Kier alpha value is -1.26. The molecule has 1 fully saturated rings. The van der Waals surface area contributed by atoms with Crippen LogP contribution in [0.25, 0.3) is 0 Å². The monoisotopic (exact) mass is 298 g/mol. The summed E-state index contributed by atoms with van der Waals surface area (Å²) in [6, 6.07) is -1.10. The van der Waals surface area contributed by atoms with Crippen LogP contribution in [-0.2, 0) is 4.79 Å². The molecule has 1 saturated carbocycles. The molecule has 5 heteroatoms. The van der Waals surface area contributed by atoms with E-state index in [0.717, 1.165) is 44.9 Å². The maximum atomic E-state index is 11.8. The van der Waals surface area contributed by atoms with Gasteiger partial charge in [0.25, 0.3) is 0 Å². The number of hydrogen-bond donors (Lipinski definition) is 3. The highest BCUT2D eigenvalue weighted by Gasteiger charge is 2.30. The third-order valence-electron chi connectivity index (χ3n) is 4.17. The second-order valence-corrected chi connectivity index (χ2v) is 6.50. The van der Waals surface area contributed by atoms with Crippen molar-refractivity contribution in [2.75, 3.05) is 6.54 Å². The van der Waals surface area contributed by atoms with Crippen LogP contribution in [-0.4, -0.2) is 29.7 Å². The highest BCUT2D eigenvalue weighted by Crippen LogP contribution is 2.26. The molecule has 122 valence electrons. The Morgan fingerprint density at radius 1 is 1.14 bits per heavy atom. The molecule has 0 aliphatic heterocycles. The van der Waals surface area contributed by atoms with Gasteiger partial charge in [-0.05, 0) is 31.1 Å². The van der Waals surface area contributed by atoms with Crippen molar-refractivity contribution in [2.24, 2.45) is 11.8 Å². The number of aliphatic carboxylic acids is 1. The Kier molecular flexibility index (Phi) is 8.16. The third kappa shape index (κ3) is 7.34. The molecule has 0 heterocycles. The first kappa shape index (κ1) is 17.8. The average molecular weight is 298 g/mol. The fourth-order valence-electron chi connectivity index (χ4n) is 2.92. The van der Waals surface area contributed by atoms with E-state index in [9.17, 15) is 14.7 Å². The molecule has 2 amide bonds. The third-order valence-corrected chi connectivity index (χ3v) is 4.17. The lowest BCUT2D eigenvalue weighted by Crippen LogP contribution is -2.50. The van der Waals surface area contributed by atoms with Gasteiger partial charge in [0.05, 0.1) is 0 Å². The lowest BCUT2D eigenvalue weighted by Gasteiger charge is -2.28. The number of rotatable bonds is 8. The lowest BCUT2D eigenvalue weighted by molar-refractivity contribution is -0.141. The molecule has 0 aromatic rings.